The molecule has 0 amide bonds. The first kappa shape index (κ1) is 14.4. The Morgan fingerprint density at radius 1 is 1.29 bits per heavy atom. The van der Waals surface area contributed by atoms with E-state index in [0.29, 0.717) is 5.71 Å². The largest absolute Gasteiger partial charge is 0.337 e. The van der Waals surface area contributed by atoms with Gasteiger partial charge in [-0.15, -0.1) is 0 Å². The molecule has 0 unspecified atom stereocenters. The molecule has 0 saturated carbocycles. The molecule has 0 spiro atoms. The topological polar surface area (TPSA) is 68.2 Å². The molecule has 6 nitrogen and oxygen atoms in total. The Hall–Kier alpha value is -0.710. The molecule has 0 aliphatic carbocycles. The van der Waals surface area contributed by atoms with Crippen molar-refractivity contribution in [2.24, 2.45) is 5.10 Å². The molecule has 17 heavy (non-hydrogen) atoms. The molecule has 1 aliphatic rings. The van der Waals surface area contributed by atoms with Gasteiger partial charge in [0.15, 0.2) is 5.78 Å². The van der Waals surface area contributed by atoms with Crippen molar-refractivity contribution in [2.45, 2.75) is 19.8 Å². The number of hydrazone groups is 1. The molecule has 7 heteroatoms. The average molecular weight is 262 g/mol. The summed E-state index contributed by atoms with van der Waals surface area (Å²) in [5.74, 6) is -0.302. The van der Waals surface area contributed by atoms with Gasteiger partial charge in [-0.3, -0.25) is 14.4 Å². The summed E-state index contributed by atoms with van der Waals surface area (Å²) >= 11 is 0. The van der Waals surface area contributed by atoms with Crippen LogP contribution in [0.5, 0.6) is 0 Å². The molecule has 1 aliphatic heterocycles. The highest BCUT2D eigenvalue weighted by Gasteiger charge is 2.27. The van der Waals surface area contributed by atoms with Gasteiger partial charge in [0.05, 0.1) is 0 Å². The Morgan fingerprint density at radius 3 is 2.29 bits per heavy atom. The molecular formula is C10H19N2O4P. The van der Waals surface area contributed by atoms with Crippen molar-refractivity contribution in [1.82, 2.24) is 5.01 Å². The average Bonchev–Trinajstić information content (AvgIpc) is 2.81. The molecule has 98 valence electrons. The lowest BCUT2D eigenvalue weighted by Crippen LogP contribution is -2.21. The van der Waals surface area contributed by atoms with Crippen LogP contribution in [0.3, 0.4) is 0 Å². The van der Waals surface area contributed by atoms with Crippen LogP contribution in [-0.4, -0.2) is 50.0 Å². The molecule has 0 aromatic heterocycles. The monoisotopic (exact) mass is 262 g/mol. The minimum Gasteiger partial charge on any atom is -0.312 e. The van der Waals surface area contributed by atoms with Gasteiger partial charge in [-0.05, 0) is 19.8 Å². The summed E-state index contributed by atoms with van der Waals surface area (Å²) in [6.45, 7) is 3.37. The van der Waals surface area contributed by atoms with Crippen LogP contribution in [0.1, 0.15) is 19.8 Å². The minimum absolute atomic E-state index is 0.261. The molecule has 0 N–H and O–H groups in total. The van der Waals surface area contributed by atoms with Crippen LogP contribution in [0.15, 0.2) is 5.10 Å². The summed E-state index contributed by atoms with van der Waals surface area (Å²) in [5.41, 5.74) is 0.348. The van der Waals surface area contributed by atoms with E-state index >= 15 is 0 Å². The van der Waals surface area contributed by atoms with E-state index in [9.17, 15) is 9.36 Å². The van der Waals surface area contributed by atoms with Crippen molar-refractivity contribution in [3.63, 3.8) is 0 Å². The number of nitrogens with zero attached hydrogens (tertiary/aromatic N) is 2. The molecule has 1 saturated heterocycles. The van der Waals surface area contributed by atoms with Crippen LogP contribution in [0, 0.1) is 0 Å². The fourth-order valence-electron chi connectivity index (χ4n) is 1.56. The van der Waals surface area contributed by atoms with E-state index in [2.05, 4.69) is 5.10 Å². The van der Waals surface area contributed by atoms with Crippen LogP contribution >= 0.6 is 7.60 Å². The van der Waals surface area contributed by atoms with E-state index in [1.807, 2.05) is 5.01 Å². The SMILES string of the molecule is COP(=O)(CC(=O)/C(C)=N/N1CCCC1)OC. The fraction of sp³-hybridized carbons (Fsp3) is 0.800. The number of carbonyl (C=O) groups excluding carboxylic acids is 1. The molecule has 1 rings (SSSR count). The van der Waals surface area contributed by atoms with Gasteiger partial charge < -0.3 is 9.05 Å². The quantitative estimate of drug-likeness (QED) is 0.536. The zero-order valence-electron chi connectivity index (χ0n) is 10.5. The van der Waals surface area contributed by atoms with Crippen LogP contribution < -0.4 is 0 Å². The summed E-state index contributed by atoms with van der Waals surface area (Å²) < 4.78 is 21.2. The van der Waals surface area contributed by atoms with E-state index in [1.54, 1.807) is 6.92 Å². The third-order valence-electron chi connectivity index (χ3n) is 2.67. The molecular weight excluding hydrogens is 243 g/mol. The first-order valence-electron chi connectivity index (χ1n) is 5.54. The number of rotatable bonds is 6. The van der Waals surface area contributed by atoms with E-state index in [-0.39, 0.29) is 11.9 Å². The Kier molecular flexibility index (Phi) is 5.31. The maximum absolute atomic E-state index is 11.8. The Balaban J connectivity index is 2.60. The number of ketones is 1. The zero-order valence-corrected chi connectivity index (χ0v) is 11.4. The van der Waals surface area contributed by atoms with Crippen molar-refractivity contribution < 1.29 is 18.4 Å². The van der Waals surface area contributed by atoms with Gasteiger partial charge in [0.2, 0.25) is 0 Å². The van der Waals surface area contributed by atoms with Gasteiger partial charge in [-0.2, -0.15) is 5.10 Å². The zero-order chi connectivity index (χ0) is 12.9. The normalized spacial score (nSPS) is 17.6. The number of hydrogen-bond acceptors (Lipinski definition) is 6. The summed E-state index contributed by atoms with van der Waals surface area (Å²) in [6, 6.07) is 0. The van der Waals surface area contributed by atoms with Gasteiger partial charge >= 0.3 is 7.60 Å². The van der Waals surface area contributed by atoms with Gasteiger partial charge in [0, 0.05) is 27.3 Å². The fourth-order valence-corrected chi connectivity index (χ4v) is 2.55. The first-order chi connectivity index (χ1) is 8.00. The smallest absolute Gasteiger partial charge is 0.312 e. The maximum atomic E-state index is 11.8. The van der Waals surface area contributed by atoms with Crippen molar-refractivity contribution in [1.29, 1.82) is 0 Å². The highest BCUT2D eigenvalue weighted by Crippen LogP contribution is 2.46. The lowest BCUT2D eigenvalue weighted by Gasteiger charge is -2.14. The molecule has 0 aromatic carbocycles. The third-order valence-corrected chi connectivity index (χ3v) is 4.46. The molecule has 0 bridgehead atoms. The van der Waals surface area contributed by atoms with Crippen LogP contribution in [0.25, 0.3) is 0 Å². The Morgan fingerprint density at radius 2 is 1.82 bits per heavy atom. The lowest BCUT2D eigenvalue weighted by atomic mass is 10.3. The number of Topliss-reactive ketones (excluding diaryl/α,β-unsaturated/α-hetero) is 1. The predicted octanol–water partition coefficient (Wildman–Crippen LogP) is 1.51. The van der Waals surface area contributed by atoms with Crippen LogP contribution in [-0.2, 0) is 18.4 Å². The Bertz CT molecular complexity index is 342. The predicted molar refractivity (Wildman–Crippen MR) is 65.4 cm³/mol. The van der Waals surface area contributed by atoms with Crippen molar-refractivity contribution >= 4 is 19.1 Å². The third kappa shape index (κ3) is 4.22. The number of hydrogen-bond donors (Lipinski definition) is 0. The van der Waals surface area contributed by atoms with Crippen molar-refractivity contribution in [3.8, 4) is 0 Å². The van der Waals surface area contributed by atoms with Gasteiger partial charge in [0.1, 0.15) is 11.9 Å². The lowest BCUT2D eigenvalue weighted by molar-refractivity contribution is -0.111. The summed E-state index contributed by atoms with van der Waals surface area (Å²) in [4.78, 5) is 11.8. The standard InChI is InChI=1S/C10H19N2O4P/c1-9(11-12-6-4-5-7-12)10(13)8-17(14,15-2)16-3/h4-8H2,1-3H3/b11-9+. The van der Waals surface area contributed by atoms with Gasteiger partial charge in [-0.25, -0.2) is 0 Å². The molecule has 0 atom stereocenters. The minimum atomic E-state index is -3.28. The summed E-state index contributed by atoms with van der Waals surface area (Å²) in [6.07, 6.45) is 1.93. The van der Waals surface area contributed by atoms with Crippen molar-refractivity contribution in [2.75, 3.05) is 33.5 Å². The van der Waals surface area contributed by atoms with Gasteiger partial charge in [-0.1, -0.05) is 0 Å². The summed E-state index contributed by atoms with van der Waals surface area (Å²) in [7, 11) is -0.748. The van der Waals surface area contributed by atoms with Gasteiger partial charge in [0.25, 0.3) is 0 Å². The van der Waals surface area contributed by atoms with E-state index in [1.165, 1.54) is 14.2 Å². The van der Waals surface area contributed by atoms with E-state index in [4.69, 9.17) is 9.05 Å². The highest BCUT2D eigenvalue weighted by molar-refractivity contribution is 7.55. The van der Waals surface area contributed by atoms with Crippen LogP contribution in [0.2, 0.25) is 0 Å². The second-order valence-electron chi connectivity index (χ2n) is 3.90. The number of carbonyl (C=O) groups is 1. The second kappa shape index (κ2) is 6.28. The highest BCUT2D eigenvalue weighted by atomic mass is 31.2. The maximum Gasteiger partial charge on any atom is 0.337 e. The molecule has 1 heterocycles. The Labute approximate surface area is 101 Å². The van der Waals surface area contributed by atoms with Crippen molar-refractivity contribution in [3.05, 3.63) is 0 Å². The molecule has 0 radical (unpaired) electrons. The molecule has 1 fully saturated rings. The molecule has 0 aromatic rings. The summed E-state index contributed by atoms with van der Waals surface area (Å²) in [5, 5.41) is 6.06. The first-order valence-corrected chi connectivity index (χ1v) is 7.27. The second-order valence-corrected chi connectivity index (χ2v) is 6.17. The van der Waals surface area contributed by atoms with Crippen LogP contribution in [0.4, 0.5) is 0 Å². The van der Waals surface area contributed by atoms with E-state index in [0.717, 1.165) is 25.9 Å². The van der Waals surface area contributed by atoms with E-state index < -0.39 is 7.60 Å².